The lowest BCUT2D eigenvalue weighted by Gasteiger charge is -2.42. The minimum absolute atomic E-state index is 0.0227. The van der Waals surface area contributed by atoms with Crippen LogP contribution < -0.4 is 0 Å². The van der Waals surface area contributed by atoms with E-state index in [1.54, 1.807) is 11.0 Å². The maximum atomic E-state index is 12.1. The summed E-state index contributed by atoms with van der Waals surface area (Å²) in [4.78, 5) is 13.8. The van der Waals surface area contributed by atoms with Crippen molar-refractivity contribution in [2.75, 3.05) is 13.1 Å². The van der Waals surface area contributed by atoms with Gasteiger partial charge < -0.3 is 4.90 Å². The van der Waals surface area contributed by atoms with Gasteiger partial charge in [0.05, 0.1) is 6.07 Å². The van der Waals surface area contributed by atoms with Crippen LogP contribution in [0.25, 0.3) is 0 Å². The highest BCUT2D eigenvalue weighted by atomic mass is 16.2. The molecular weight excluding hydrogens is 188 g/mol. The predicted molar refractivity (Wildman–Crippen MR) is 58.9 cm³/mol. The Labute approximate surface area is 91.4 Å². The van der Waals surface area contributed by atoms with E-state index in [1.165, 1.54) is 0 Å². The van der Waals surface area contributed by atoms with Crippen LogP contribution in [0.5, 0.6) is 0 Å². The van der Waals surface area contributed by atoms with Gasteiger partial charge in [-0.2, -0.15) is 5.26 Å². The molecule has 0 radical (unpaired) electrons. The molecule has 0 atom stereocenters. The van der Waals surface area contributed by atoms with E-state index in [9.17, 15) is 4.79 Å². The van der Waals surface area contributed by atoms with Crippen LogP contribution in [0.1, 0.15) is 26.7 Å². The van der Waals surface area contributed by atoms with Gasteiger partial charge >= 0.3 is 0 Å². The van der Waals surface area contributed by atoms with Gasteiger partial charge in [-0.25, -0.2) is 0 Å². The molecule has 0 unspecified atom stereocenters. The summed E-state index contributed by atoms with van der Waals surface area (Å²) in [6, 6.07) is 2.19. The molecule has 1 aliphatic carbocycles. The number of carbonyl (C=O) groups excluding carboxylic acids is 1. The molecule has 1 rings (SSSR count). The van der Waals surface area contributed by atoms with E-state index in [0.717, 1.165) is 0 Å². The monoisotopic (exact) mass is 206 g/mol. The van der Waals surface area contributed by atoms with Crippen molar-refractivity contribution in [2.45, 2.75) is 26.7 Å². The summed E-state index contributed by atoms with van der Waals surface area (Å²) in [6.45, 7) is 8.80. The molecule has 0 N–H and O–H groups in total. The van der Waals surface area contributed by atoms with Crippen molar-refractivity contribution < 1.29 is 4.79 Å². The standard InChI is InChI=1S/C12H18N2O/c1-4-6-14(5-2)11(15)12(9-13)7-10(3)8-12/h4,10H,1,5-8H2,2-3H3. The number of rotatable bonds is 4. The number of hydrogen-bond donors (Lipinski definition) is 0. The first-order valence-electron chi connectivity index (χ1n) is 5.41. The molecule has 1 aliphatic rings. The van der Waals surface area contributed by atoms with Gasteiger partial charge in [-0.15, -0.1) is 6.58 Å². The summed E-state index contributed by atoms with van der Waals surface area (Å²) in [5, 5.41) is 9.11. The van der Waals surface area contributed by atoms with Crippen LogP contribution in [0.4, 0.5) is 0 Å². The average molecular weight is 206 g/mol. The lowest BCUT2D eigenvalue weighted by Crippen LogP contribution is -2.50. The summed E-state index contributed by atoms with van der Waals surface area (Å²) < 4.78 is 0. The molecular formula is C12H18N2O. The summed E-state index contributed by atoms with van der Waals surface area (Å²) >= 11 is 0. The Kier molecular flexibility index (Phi) is 3.52. The van der Waals surface area contributed by atoms with Gasteiger partial charge in [0.15, 0.2) is 0 Å². The third-order valence-corrected chi connectivity index (χ3v) is 3.04. The molecule has 1 saturated carbocycles. The fourth-order valence-corrected chi connectivity index (χ4v) is 2.26. The number of nitriles is 1. The van der Waals surface area contributed by atoms with Crippen LogP contribution in [0.15, 0.2) is 12.7 Å². The highest BCUT2D eigenvalue weighted by molar-refractivity contribution is 5.86. The van der Waals surface area contributed by atoms with Crippen LogP contribution in [0, 0.1) is 22.7 Å². The number of amides is 1. The Hall–Kier alpha value is -1.30. The van der Waals surface area contributed by atoms with Gasteiger partial charge in [0.2, 0.25) is 5.91 Å². The zero-order valence-electron chi connectivity index (χ0n) is 9.49. The Balaban J connectivity index is 2.73. The Bertz CT molecular complexity index is 297. The molecule has 82 valence electrons. The number of nitrogens with zero attached hydrogens (tertiary/aromatic N) is 2. The van der Waals surface area contributed by atoms with Crippen LogP contribution in [-0.2, 0) is 4.79 Å². The zero-order valence-corrected chi connectivity index (χ0v) is 9.49. The highest BCUT2D eigenvalue weighted by Gasteiger charge is 2.50. The van der Waals surface area contributed by atoms with Gasteiger partial charge in [-0.1, -0.05) is 13.0 Å². The molecule has 3 nitrogen and oxygen atoms in total. The number of likely N-dealkylation sites (N-methyl/N-ethyl adjacent to an activating group) is 1. The van der Waals surface area contributed by atoms with Gasteiger partial charge in [0.1, 0.15) is 5.41 Å². The van der Waals surface area contributed by atoms with E-state index in [1.807, 2.05) is 6.92 Å². The highest BCUT2D eigenvalue weighted by Crippen LogP contribution is 2.46. The van der Waals surface area contributed by atoms with Gasteiger partial charge in [-0.05, 0) is 25.7 Å². The number of hydrogen-bond acceptors (Lipinski definition) is 2. The fraction of sp³-hybridized carbons (Fsp3) is 0.667. The Morgan fingerprint density at radius 3 is 2.67 bits per heavy atom. The SMILES string of the molecule is C=CCN(CC)C(=O)C1(C#N)CC(C)C1. The van der Waals surface area contributed by atoms with E-state index < -0.39 is 5.41 Å². The molecule has 0 aromatic rings. The third kappa shape index (κ3) is 2.04. The first kappa shape index (κ1) is 11.8. The number of carbonyl (C=O) groups is 1. The molecule has 1 amide bonds. The predicted octanol–water partition coefficient (Wildman–Crippen LogP) is 1.96. The van der Waals surface area contributed by atoms with Gasteiger partial charge in [0.25, 0.3) is 0 Å². The van der Waals surface area contributed by atoms with E-state index in [0.29, 0.717) is 31.8 Å². The normalized spacial score (nSPS) is 28.7. The van der Waals surface area contributed by atoms with Crippen LogP contribution in [0.3, 0.4) is 0 Å². The topological polar surface area (TPSA) is 44.1 Å². The minimum atomic E-state index is -0.738. The van der Waals surface area contributed by atoms with Gasteiger partial charge in [-0.3, -0.25) is 4.79 Å². The second-order valence-electron chi connectivity index (χ2n) is 4.34. The van der Waals surface area contributed by atoms with Crippen molar-refractivity contribution in [3.63, 3.8) is 0 Å². The molecule has 0 aliphatic heterocycles. The first-order valence-corrected chi connectivity index (χ1v) is 5.41. The maximum absolute atomic E-state index is 12.1. The van der Waals surface area contributed by atoms with Crippen molar-refractivity contribution in [1.82, 2.24) is 4.90 Å². The fourth-order valence-electron chi connectivity index (χ4n) is 2.26. The summed E-state index contributed by atoms with van der Waals surface area (Å²) in [6.07, 6.45) is 3.11. The maximum Gasteiger partial charge on any atom is 0.243 e. The van der Waals surface area contributed by atoms with Crippen LogP contribution in [-0.4, -0.2) is 23.9 Å². The lowest BCUT2D eigenvalue weighted by atomic mass is 9.62. The molecule has 0 saturated heterocycles. The van der Waals surface area contributed by atoms with E-state index in [-0.39, 0.29) is 5.91 Å². The largest absolute Gasteiger partial charge is 0.338 e. The summed E-state index contributed by atoms with van der Waals surface area (Å²) in [5.74, 6) is 0.474. The molecule has 0 aromatic carbocycles. The van der Waals surface area contributed by atoms with Gasteiger partial charge in [0, 0.05) is 13.1 Å². The quantitative estimate of drug-likeness (QED) is 0.660. The molecule has 0 aromatic heterocycles. The van der Waals surface area contributed by atoms with Crippen LogP contribution in [0.2, 0.25) is 0 Å². The molecule has 0 heterocycles. The third-order valence-electron chi connectivity index (χ3n) is 3.04. The summed E-state index contributed by atoms with van der Waals surface area (Å²) in [7, 11) is 0. The molecule has 15 heavy (non-hydrogen) atoms. The van der Waals surface area contributed by atoms with E-state index >= 15 is 0 Å². The molecule has 0 spiro atoms. The molecule has 0 bridgehead atoms. The average Bonchev–Trinajstić information content (AvgIpc) is 2.20. The van der Waals surface area contributed by atoms with Crippen LogP contribution >= 0.6 is 0 Å². The molecule has 3 heteroatoms. The van der Waals surface area contributed by atoms with Crippen molar-refractivity contribution in [3.8, 4) is 6.07 Å². The smallest absolute Gasteiger partial charge is 0.243 e. The first-order chi connectivity index (χ1) is 7.09. The second-order valence-corrected chi connectivity index (χ2v) is 4.34. The zero-order chi connectivity index (χ0) is 11.5. The minimum Gasteiger partial charge on any atom is -0.338 e. The van der Waals surface area contributed by atoms with Crippen molar-refractivity contribution in [3.05, 3.63) is 12.7 Å². The van der Waals surface area contributed by atoms with Crippen molar-refractivity contribution in [2.24, 2.45) is 11.3 Å². The lowest BCUT2D eigenvalue weighted by molar-refractivity contribution is -0.144. The second kappa shape index (κ2) is 4.48. The summed E-state index contributed by atoms with van der Waals surface area (Å²) in [5.41, 5.74) is -0.738. The Morgan fingerprint density at radius 1 is 1.73 bits per heavy atom. The van der Waals surface area contributed by atoms with E-state index in [4.69, 9.17) is 5.26 Å². The Morgan fingerprint density at radius 2 is 2.33 bits per heavy atom. The van der Waals surface area contributed by atoms with Crippen molar-refractivity contribution in [1.29, 1.82) is 5.26 Å². The van der Waals surface area contributed by atoms with E-state index in [2.05, 4.69) is 19.6 Å². The molecule has 1 fully saturated rings. The van der Waals surface area contributed by atoms with Crippen molar-refractivity contribution >= 4 is 5.91 Å².